The van der Waals surface area contributed by atoms with Gasteiger partial charge in [0.25, 0.3) is 0 Å². The Hall–Kier alpha value is -4.19. The van der Waals surface area contributed by atoms with Crippen LogP contribution in [0.25, 0.3) is 11.1 Å². The van der Waals surface area contributed by atoms with E-state index < -0.39 is 49.9 Å². The highest BCUT2D eigenvalue weighted by Gasteiger charge is 2.61. The number of esters is 1. The zero-order valence-electron chi connectivity index (χ0n) is 30.6. The molecule has 0 aromatic heterocycles. The molecule has 1 aliphatic heterocycles. The maximum absolute atomic E-state index is 14.6. The highest BCUT2D eigenvalue weighted by molar-refractivity contribution is 7.90. The monoisotopic (exact) mass is 733 g/mol. The fourth-order valence-corrected chi connectivity index (χ4v) is 9.07. The molecule has 4 fully saturated rings. The van der Waals surface area contributed by atoms with Gasteiger partial charge in [0, 0.05) is 18.7 Å². The molecule has 2 aromatic carbocycles. The number of nitrogens with zero attached hydrogens (tertiary/aromatic N) is 2. The van der Waals surface area contributed by atoms with E-state index >= 15 is 0 Å². The van der Waals surface area contributed by atoms with Crippen LogP contribution in [0.5, 0.6) is 5.75 Å². The highest BCUT2D eigenvalue weighted by atomic mass is 32.2. The van der Waals surface area contributed by atoms with Gasteiger partial charge >= 0.3 is 5.97 Å². The van der Waals surface area contributed by atoms with Crippen LogP contribution < -0.4 is 14.4 Å². The van der Waals surface area contributed by atoms with Crippen LogP contribution in [-0.4, -0.2) is 74.6 Å². The predicted octanol–water partition coefficient (Wildman–Crippen LogP) is 5.64. The summed E-state index contributed by atoms with van der Waals surface area (Å²) in [6.07, 6.45) is 6.04. The van der Waals surface area contributed by atoms with Crippen molar-refractivity contribution in [3.63, 3.8) is 0 Å². The van der Waals surface area contributed by atoms with Gasteiger partial charge in [0.05, 0.1) is 36.8 Å². The molecule has 1 saturated heterocycles. The molecule has 2 amide bonds. The second kappa shape index (κ2) is 14.7. The molecule has 6 rings (SSSR count). The highest BCUT2D eigenvalue weighted by Crippen LogP contribution is 2.57. The van der Waals surface area contributed by atoms with Crippen molar-refractivity contribution in [2.24, 2.45) is 22.7 Å². The van der Waals surface area contributed by atoms with Gasteiger partial charge in [0.2, 0.25) is 21.8 Å². The Morgan fingerprint density at radius 3 is 2.31 bits per heavy atom. The molecular formula is C40H51N3O8S. The van der Waals surface area contributed by atoms with E-state index in [1.54, 1.807) is 13.2 Å². The summed E-state index contributed by atoms with van der Waals surface area (Å²) in [5, 5.41) is -0.591. The van der Waals surface area contributed by atoms with E-state index in [9.17, 15) is 27.6 Å². The predicted molar refractivity (Wildman–Crippen MR) is 198 cm³/mol. The van der Waals surface area contributed by atoms with Gasteiger partial charge in [0.1, 0.15) is 17.9 Å². The van der Waals surface area contributed by atoms with Gasteiger partial charge in [-0.05, 0) is 91.7 Å². The minimum atomic E-state index is -3.83. The smallest absolute Gasteiger partial charge is 0.306 e. The quantitative estimate of drug-likeness (QED) is 0.193. The summed E-state index contributed by atoms with van der Waals surface area (Å²) >= 11 is 0. The number of amides is 2. The molecule has 1 N–H and O–H groups in total. The normalized spacial score (nSPS) is 23.9. The number of Topliss-reactive ketones (excluding diaryl/α,β-unsaturated/α-hetero) is 1. The fraction of sp³-hybridized carbons (Fsp3) is 0.550. The Bertz CT molecular complexity index is 1810. The molecule has 11 nitrogen and oxygen atoms in total. The van der Waals surface area contributed by atoms with Crippen molar-refractivity contribution < 1.29 is 37.1 Å². The molecule has 0 radical (unpaired) electrons. The Morgan fingerprint density at radius 2 is 1.71 bits per heavy atom. The maximum atomic E-state index is 14.6. The first-order valence-corrected chi connectivity index (χ1v) is 19.9. The van der Waals surface area contributed by atoms with Crippen molar-refractivity contribution in [2.45, 2.75) is 96.0 Å². The van der Waals surface area contributed by atoms with Gasteiger partial charge < -0.3 is 19.3 Å². The number of hydrogen-bond acceptors (Lipinski definition) is 9. The zero-order valence-corrected chi connectivity index (χ0v) is 31.5. The SMILES string of the molecule is C=C[C@@H]1C[C@]1(CC(=O)[C@@H]1CN(c2ccc(-c3cccc(OC)c3)cc2)CN1C(=O)[C@@H](CC(=O)OC1CCCC1)C(C)(C)C)C(=O)NS(=O)(=O)C1CC1. The average Bonchev–Trinajstić information content (AvgIpc) is 3.99. The van der Waals surface area contributed by atoms with Crippen LogP contribution in [0.2, 0.25) is 0 Å². The Kier molecular flexibility index (Phi) is 10.6. The Morgan fingerprint density at radius 1 is 1.02 bits per heavy atom. The van der Waals surface area contributed by atoms with Crippen molar-refractivity contribution in [1.29, 1.82) is 0 Å². The molecule has 4 aliphatic rings. The molecule has 3 aliphatic carbocycles. The number of ether oxygens (including phenoxy) is 2. The molecule has 0 bridgehead atoms. The van der Waals surface area contributed by atoms with Gasteiger partial charge in [0.15, 0.2) is 5.78 Å². The molecule has 4 atom stereocenters. The summed E-state index contributed by atoms with van der Waals surface area (Å²) < 4.78 is 38.8. The zero-order chi connectivity index (χ0) is 37.4. The van der Waals surface area contributed by atoms with Crippen molar-refractivity contribution in [3.8, 4) is 16.9 Å². The lowest BCUT2D eigenvalue weighted by atomic mass is 9.77. The summed E-state index contributed by atoms with van der Waals surface area (Å²) in [5.41, 5.74) is 0.854. The van der Waals surface area contributed by atoms with Gasteiger partial charge in [-0.2, -0.15) is 0 Å². The first-order chi connectivity index (χ1) is 24.6. The minimum absolute atomic E-state index is 0.0954. The van der Waals surface area contributed by atoms with Crippen LogP contribution in [0.1, 0.15) is 78.6 Å². The number of carbonyl (C=O) groups is 4. The number of methoxy groups -OCH3 is 1. The number of benzene rings is 2. The van der Waals surface area contributed by atoms with Gasteiger partial charge in [-0.15, -0.1) is 6.58 Å². The van der Waals surface area contributed by atoms with Gasteiger partial charge in [-0.3, -0.25) is 23.9 Å². The maximum Gasteiger partial charge on any atom is 0.306 e. The Labute approximate surface area is 307 Å². The number of hydrogen-bond donors (Lipinski definition) is 1. The van der Waals surface area contributed by atoms with Gasteiger partial charge in [-0.1, -0.05) is 51.1 Å². The molecule has 52 heavy (non-hydrogen) atoms. The van der Waals surface area contributed by atoms with E-state index in [-0.39, 0.29) is 49.8 Å². The van der Waals surface area contributed by atoms with Crippen molar-refractivity contribution in [3.05, 3.63) is 61.2 Å². The number of sulfonamides is 1. The second-order valence-electron chi connectivity index (χ2n) is 16.0. The van der Waals surface area contributed by atoms with E-state index in [0.29, 0.717) is 19.3 Å². The van der Waals surface area contributed by atoms with E-state index in [1.807, 2.05) is 74.2 Å². The first-order valence-electron chi connectivity index (χ1n) is 18.4. The van der Waals surface area contributed by atoms with Crippen LogP contribution in [0.4, 0.5) is 5.69 Å². The van der Waals surface area contributed by atoms with Crippen LogP contribution in [0.15, 0.2) is 61.2 Å². The van der Waals surface area contributed by atoms with Crippen LogP contribution in [0.3, 0.4) is 0 Å². The van der Waals surface area contributed by atoms with E-state index in [0.717, 1.165) is 48.2 Å². The summed E-state index contributed by atoms with van der Waals surface area (Å²) in [7, 11) is -2.21. The number of anilines is 1. The number of nitrogens with one attached hydrogen (secondary N) is 1. The molecule has 0 spiro atoms. The second-order valence-corrected chi connectivity index (χ2v) is 18.0. The topological polar surface area (TPSA) is 139 Å². The van der Waals surface area contributed by atoms with Crippen LogP contribution in [0, 0.1) is 22.7 Å². The van der Waals surface area contributed by atoms with Crippen molar-refractivity contribution in [1.82, 2.24) is 9.62 Å². The molecule has 280 valence electrons. The first kappa shape index (κ1) is 37.6. The summed E-state index contributed by atoms with van der Waals surface area (Å²) in [4.78, 5) is 59.2. The largest absolute Gasteiger partial charge is 0.497 e. The van der Waals surface area contributed by atoms with E-state index in [2.05, 4.69) is 11.3 Å². The molecular weight excluding hydrogens is 683 g/mol. The van der Waals surface area contributed by atoms with Crippen LogP contribution in [-0.2, 0) is 33.9 Å². The lowest BCUT2D eigenvalue weighted by Crippen LogP contribution is -2.49. The number of allylic oxidation sites excluding steroid dienone is 1. The lowest BCUT2D eigenvalue weighted by molar-refractivity contribution is -0.156. The third-order valence-electron chi connectivity index (χ3n) is 11.3. The third-order valence-corrected chi connectivity index (χ3v) is 13.1. The molecule has 3 saturated carbocycles. The number of ketones is 1. The minimum Gasteiger partial charge on any atom is -0.497 e. The van der Waals surface area contributed by atoms with Crippen molar-refractivity contribution >= 4 is 39.3 Å². The fourth-order valence-electron chi connectivity index (χ4n) is 7.68. The molecule has 0 unspecified atom stereocenters. The summed E-state index contributed by atoms with van der Waals surface area (Å²) in [6.45, 7) is 9.80. The van der Waals surface area contributed by atoms with Crippen molar-refractivity contribution in [2.75, 3.05) is 25.2 Å². The standard InChI is InChI=1S/C40H51N3O8S/c1-6-28-22-40(28,38(47)41-52(48,49)32-18-19-32)23-35(44)34-24-42(29-16-14-26(15-17-29)27-10-9-13-31(20-27)50-5)25-43(34)37(46)33(39(2,3)4)21-36(45)51-30-11-7-8-12-30/h6,9-10,13-17,20,28,30,32-34H,1,7-8,11-12,18-19,21-25H2,2-5H3,(H,41,47)/t28-,33-,34+,40-/m1/s1. The third kappa shape index (κ3) is 8.06. The summed E-state index contributed by atoms with van der Waals surface area (Å²) in [5.74, 6) is -2.20. The van der Waals surface area contributed by atoms with E-state index in [4.69, 9.17) is 9.47 Å². The van der Waals surface area contributed by atoms with E-state index in [1.165, 1.54) is 4.90 Å². The van der Waals surface area contributed by atoms with Crippen LogP contribution >= 0.6 is 0 Å². The number of carbonyl (C=O) groups excluding carboxylic acids is 4. The lowest BCUT2D eigenvalue weighted by Gasteiger charge is -2.34. The Balaban J connectivity index is 1.26. The molecule has 2 aromatic rings. The summed E-state index contributed by atoms with van der Waals surface area (Å²) in [6, 6.07) is 14.6. The molecule has 12 heteroatoms. The van der Waals surface area contributed by atoms with Gasteiger partial charge in [-0.25, -0.2) is 8.42 Å². The molecule has 1 heterocycles. The number of rotatable bonds is 14. The average molecular weight is 734 g/mol.